The fourth-order valence-electron chi connectivity index (χ4n) is 1.63. The first-order valence-electron chi connectivity index (χ1n) is 6.29. The van der Waals surface area contributed by atoms with Gasteiger partial charge in [0, 0.05) is 11.0 Å². The van der Waals surface area contributed by atoms with E-state index in [1.807, 2.05) is 13.8 Å². The Labute approximate surface area is 127 Å². The van der Waals surface area contributed by atoms with E-state index in [1.165, 1.54) is 7.11 Å². The molecule has 0 aliphatic carbocycles. The molecule has 0 amide bonds. The summed E-state index contributed by atoms with van der Waals surface area (Å²) in [7, 11) is 1.33. The van der Waals surface area contributed by atoms with Gasteiger partial charge in [-0.1, -0.05) is 35.8 Å². The quantitative estimate of drug-likeness (QED) is 0.539. The highest BCUT2D eigenvalue weighted by atomic mass is 79.9. The first-order chi connectivity index (χ1) is 9.34. The number of carbonyl (C=O) groups is 1. The molecule has 20 heavy (non-hydrogen) atoms. The van der Waals surface area contributed by atoms with Gasteiger partial charge in [0.25, 0.3) is 0 Å². The van der Waals surface area contributed by atoms with Gasteiger partial charge in [-0.25, -0.2) is 4.79 Å². The Hall–Kier alpha value is -0.950. The van der Waals surface area contributed by atoms with Crippen LogP contribution in [0.25, 0.3) is 0 Å². The van der Waals surface area contributed by atoms with Gasteiger partial charge in [0.15, 0.2) is 0 Å². The Bertz CT molecular complexity index is 478. The molecule has 0 unspecified atom stereocenters. The Morgan fingerprint density at radius 3 is 2.60 bits per heavy atom. The number of rotatable bonds is 6. The second-order valence-corrected chi connectivity index (χ2v) is 5.74. The largest absolute Gasteiger partial charge is 0.465 e. The van der Waals surface area contributed by atoms with Crippen molar-refractivity contribution in [3.8, 4) is 0 Å². The Morgan fingerprint density at radius 1 is 1.50 bits per heavy atom. The molecular formula is C14H20BrNO4. The molecule has 0 bridgehead atoms. The molecule has 0 spiro atoms. The van der Waals surface area contributed by atoms with E-state index in [2.05, 4.69) is 26.0 Å². The summed E-state index contributed by atoms with van der Waals surface area (Å²) in [6, 6.07) is 5.08. The average Bonchev–Trinajstić information content (AvgIpc) is 2.44. The van der Waals surface area contributed by atoms with Gasteiger partial charge >= 0.3 is 5.97 Å². The molecular weight excluding hydrogens is 326 g/mol. The number of esters is 1. The SMILES string of the molecule is COC(=O)c1ccc(CN[C@@](O)(CO)C(C)C)c(Br)c1. The number of aliphatic hydroxyl groups is 2. The second-order valence-electron chi connectivity index (χ2n) is 4.89. The summed E-state index contributed by atoms with van der Waals surface area (Å²) in [6.45, 7) is 3.62. The van der Waals surface area contributed by atoms with E-state index in [-0.39, 0.29) is 12.5 Å². The van der Waals surface area contributed by atoms with E-state index in [0.29, 0.717) is 12.1 Å². The maximum absolute atomic E-state index is 11.4. The van der Waals surface area contributed by atoms with Crippen molar-refractivity contribution < 1.29 is 19.7 Å². The van der Waals surface area contributed by atoms with E-state index in [9.17, 15) is 15.0 Å². The Balaban J connectivity index is 2.82. The molecule has 1 rings (SSSR count). The van der Waals surface area contributed by atoms with Gasteiger partial charge in [-0.15, -0.1) is 0 Å². The number of ether oxygens (including phenoxy) is 1. The predicted octanol–water partition coefficient (Wildman–Crippen LogP) is 1.66. The Kier molecular flexibility index (Phi) is 6.13. The zero-order chi connectivity index (χ0) is 15.3. The lowest BCUT2D eigenvalue weighted by Gasteiger charge is -2.31. The number of hydrogen-bond donors (Lipinski definition) is 3. The van der Waals surface area contributed by atoms with Crippen LogP contribution in [0.3, 0.4) is 0 Å². The van der Waals surface area contributed by atoms with Crippen molar-refractivity contribution in [2.24, 2.45) is 5.92 Å². The van der Waals surface area contributed by atoms with Gasteiger partial charge in [-0.2, -0.15) is 0 Å². The molecule has 0 heterocycles. The van der Waals surface area contributed by atoms with Crippen molar-refractivity contribution in [1.82, 2.24) is 5.32 Å². The number of nitrogens with one attached hydrogen (secondary N) is 1. The van der Waals surface area contributed by atoms with Crippen molar-refractivity contribution in [3.63, 3.8) is 0 Å². The van der Waals surface area contributed by atoms with E-state index in [0.717, 1.165) is 10.0 Å². The second kappa shape index (κ2) is 7.17. The van der Waals surface area contributed by atoms with Gasteiger partial charge in [0.05, 0.1) is 19.3 Å². The van der Waals surface area contributed by atoms with Crippen LogP contribution in [0.4, 0.5) is 0 Å². The number of carbonyl (C=O) groups excluding carboxylic acids is 1. The first kappa shape index (κ1) is 17.1. The summed E-state index contributed by atoms with van der Waals surface area (Å²) in [5.74, 6) is -0.542. The lowest BCUT2D eigenvalue weighted by Crippen LogP contribution is -2.52. The molecule has 0 fully saturated rings. The maximum Gasteiger partial charge on any atom is 0.337 e. The van der Waals surface area contributed by atoms with E-state index < -0.39 is 11.7 Å². The smallest absolute Gasteiger partial charge is 0.337 e. The topological polar surface area (TPSA) is 78.8 Å². The molecule has 5 nitrogen and oxygen atoms in total. The van der Waals surface area contributed by atoms with Crippen LogP contribution in [0.15, 0.2) is 22.7 Å². The minimum Gasteiger partial charge on any atom is -0.465 e. The number of benzene rings is 1. The summed E-state index contributed by atoms with van der Waals surface area (Å²) < 4.78 is 5.38. The molecule has 3 N–H and O–H groups in total. The molecule has 0 saturated carbocycles. The molecule has 6 heteroatoms. The number of hydrogen-bond acceptors (Lipinski definition) is 5. The van der Waals surface area contributed by atoms with Crippen LogP contribution in [-0.4, -0.2) is 35.6 Å². The van der Waals surface area contributed by atoms with Crippen molar-refractivity contribution in [1.29, 1.82) is 0 Å². The summed E-state index contributed by atoms with van der Waals surface area (Å²) in [4.78, 5) is 11.4. The molecule has 0 aromatic heterocycles. The van der Waals surface area contributed by atoms with Crippen molar-refractivity contribution >= 4 is 21.9 Å². The molecule has 1 atom stereocenters. The monoisotopic (exact) mass is 345 g/mol. The third-order valence-corrected chi connectivity index (χ3v) is 3.99. The van der Waals surface area contributed by atoms with Gasteiger partial charge in [0.1, 0.15) is 5.72 Å². The van der Waals surface area contributed by atoms with Crippen LogP contribution in [-0.2, 0) is 11.3 Å². The standard InChI is InChI=1S/C14H20BrNO4/c1-9(2)14(19,8-17)16-7-11-5-4-10(6-12(11)15)13(18)20-3/h4-6,9,16-17,19H,7-8H2,1-3H3/t14-/m1/s1. The highest BCUT2D eigenvalue weighted by Crippen LogP contribution is 2.21. The van der Waals surface area contributed by atoms with Gasteiger partial charge in [-0.05, 0) is 23.6 Å². The fourth-order valence-corrected chi connectivity index (χ4v) is 2.15. The summed E-state index contributed by atoms with van der Waals surface area (Å²) in [5.41, 5.74) is -0.0184. The van der Waals surface area contributed by atoms with Crippen LogP contribution >= 0.6 is 15.9 Å². The fraction of sp³-hybridized carbons (Fsp3) is 0.500. The lowest BCUT2D eigenvalue weighted by atomic mass is 10.00. The molecule has 1 aromatic carbocycles. The van der Waals surface area contributed by atoms with Gasteiger partial charge < -0.3 is 14.9 Å². The predicted molar refractivity (Wildman–Crippen MR) is 79.2 cm³/mol. The zero-order valence-corrected chi connectivity index (χ0v) is 13.4. The molecule has 0 radical (unpaired) electrons. The van der Waals surface area contributed by atoms with Crippen LogP contribution < -0.4 is 5.32 Å². The number of aliphatic hydroxyl groups excluding tert-OH is 1. The van der Waals surface area contributed by atoms with Crippen molar-refractivity contribution in [2.75, 3.05) is 13.7 Å². The lowest BCUT2D eigenvalue weighted by molar-refractivity contribution is -0.0797. The highest BCUT2D eigenvalue weighted by molar-refractivity contribution is 9.10. The third-order valence-electron chi connectivity index (χ3n) is 3.26. The zero-order valence-electron chi connectivity index (χ0n) is 11.8. The van der Waals surface area contributed by atoms with Crippen LogP contribution in [0.2, 0.25) is 0 Å². The van der Waals surface area contributed by atoms with E-state index >= 15 is 0 Å². The molecule has 0 aliphatic rings. The average molecular weight is 346 g/mol. The number of halogens is 1. The van der Waals surface area contributed by atoms with Crippen molar-refractivity contribution in [2.45, 2.75) is 26.1 Å². The molecule has 0 aliphatic heterocycles. The maximum atomic E-state index is 11.4. The highest BCUT2D eigenvalue weighted by Gasteiger charge is 2.29. The third kappa shape index (κ3) is 4.02. The first-order valence-corrected chi connectivity index (χ1v) is 7.08. The molecule has 0 saturated heterocycles. The van der Waals surface area contributed by atoms with Crippen molar-refractivity contribution in [3.05, 3.63) is 33.8 Å². The minimum atomic E-state index is -1.33. The van der Waals surface area contributed by atoms with E-state index in [1.54, 1.807) is 18.2 Å². The normalized spacial score (nSPS) is 14.2. The van der Waals surface area contributed by atoms with Crippen LogP contribution in [0.1, 0.15) is 29.8 Å². The summed E-state index contributed by atoms with van der Waals surface area (Å²) in [5, 5.41) is 22.4. The number of methoxy groups -OCH3 is 1. The van der Waals surface area contributed by atoms with E-state index in [4.69, 9.17) is 0 Å². The minimum absolute atomic E-state index is 0.138. The summed E-state index contributed by atoms with van der Waals surface area (Å²) >= 11 is 3.38. The van der Waals surface area contributed by atoms with Crippen LogP contribution in [0, 0.1) is 5.92 Å². The summed E-state index contributed by atoms with van der Waals surface area (Å²) in [6.07, 6.45) is 0. The van der Waals surface area contributed by atoms with Gasteiger partial charge in [0.2, 0.25) is 0 Å². The van der Waals surface area contributed by atoms with Gasteiger partial charge in [-0.3, -0.25) is 5.32 Å². The molecule has 112 valence electrons. The van der Waals surface area contributed by atoms with Crippen LogP contribution in [0.5, 0.6) is 0 Å². The molecule has 1 aromatic rings. The Morgan fingerprint density at radius 2 is 2.15 bits per heavy atom.